The molecule has 1 aliphatic heterocycles. The van der Waals surface area contributed by atoms with Gasteiger partial charge in [0.2, 0.25) is 0 Å². The number of hydrogen-bond donors (Lipinski definition) is 0. The van der Waals surface area contributed by atoms with E-state index in [-0.39, 0.29) is 0 Å². The Morgan fingerprint density at radius 3 is 1.52 bits per heavy atom. The summed E-state index contributed by atoms with van der Waals surface area (Å²) in [6.07, 6.45) is 30.7. The van der Waals surface area contributed by atoms with Gasteiger partial charge in [-0.3, -0.25) is 0 Å². The lowest BCUT2D eigenvalue weighted by Gasteiger charge is -2.30. The van der Waals surface area contributed by atoms with Gasteiger partial charge in [0.25, 0.3) is 0 Å². The molecule has 0 amide bonds. The van der Waals surface area contributed by atoms with Crippen LogP contribution < -0.4 is 0 Å². The van der Waals surface area contributed by atoms with Crippen LogP contribution in [0.3, 0.4) is 0 Å². The summed E-state index contributed by atoms with van der Waals surface area (Å²) in [5, 5.41) is 0. The van der Waals surface area contributed by atoms with Gasteiger partial charge >= 0.3 is 0 Å². The molecule has 0 aliphatic carbocycles. The van der Waals surface area contributed by atoms with Crippen LogP contribution in [-0.2, 0) is 0 Å². The highest BCUT2D eigenvalue weighted by Gasteiger charge is 2.22. The van der Waals surface area contributed by atoms with Gasteiger partial charge in [-0.1, -0.05) is 110 Å². The third-order valence-electron chi connectivity index (χ3n) is 6.18. The number of unbranched alkanes of at least 4 members (excludes halogenated alkanes) is 15. The van der Waals surface area contributed by atoms with Crippen molar-refractivity contribution in [1.82, 2.24) is 9.80 Å². The zero-order valence-corrected chi connectivity index (χ0v) is 19.1. The Kier molecular flexibility index (Phi) is 15.7. The second kappa shape index (κ2) is 17.4. The molecule has 1 aliphatic rings. The monoisotopic (exact) mass is 378 g/mol. The molecule has 0 radical (unpaired) electrons. The van der Waals surface area contributed by atoms with Gasteiger partial charge in [0.05, 0.1) is 0 Å². The molecule has 0 aromatic rings. The second-order valence-electron chi connectivity index (χ2n) is 8.77. The van der Waals surface area contributed by atoms with Crippen LogP contribution in [0.15, 0.2) is 12.4 Å². The number of hydrogen-bond acceptors (Lipinski definition) is 2. The molecule has 27 heavy (non-hydrogen) atoms. The summed E-state index contributed by atoms with van der Waals surface area (Å²) >= 11 is 0. The number of rotatable bonds is 19. The van der Waals surface area contributed by atoms with Gasteiger partial charge in [-0.25, -0.2) is 0 Å². The van der Waals surface area contributed by atoms with E-state index in [4.69, 9.17) is 0 Å². The van der Waals surface area contributed by atoms with Crippen molar-refractivity contribution in [2.24, 2.45) is 0 Å². The molecular formula is C25H50N2. The standard InChI is InChI=1S/C25H50N2/c1-4-6-8-10-12-13-14-16-18-20-22-27-24-23-26(3)25(27)21-19-17-15-11-9-7-5-2/h23-25H,4-22H2,1-3H3. The largest absolute Gasteiger partial charge is 0.359 e. The molecule has 2 heteroatoms. The maximum Gasteiger partial charge on any atom is 0.100 e. The van der Waals surface area contributed by atoms with E-state index in [0.29, 0.717) is 6.17 Å². The van der Waals surface area contributed by atoms with Crippen LogP contribution in [0.2, 0.25) is 0 Å². The molecule has 2 nitrogen and oxygen atoms in total. The van der Waals surface area contributed by atoms with Gasteiger partial charge in [-0.2, -0.15) is 0 Å². The fourth-order valence-corrected chi connectivity index (χ4v) is 4.28. The summed E-state index contributed by atoms with van der Waals surface area (Å²) in [5.74, 6) is 0. The molecule has 0 aromatic heterocycles. The smallest absolute Gasteiger partial charge is 0.100 e. The first-order valence-corrected chi connectivity index (χ1v) is 12.5. The van der Waals surface area contributed by atoms with Gasteiger partial charge in [0, 0.05) is 26.0 Å². The van der Waals surface area contributed by atoms with Crippen LogP contribution in [-0.4, -0.2) is 29.6 Å². The van der Waals surface area contributed by atoms with Gasteiger partial charge in [0.15, 0.2) is 0 Å². The summed E-state index contributed by atoms with van der Waals surface area (Å²) in [5.41, 5.74) is 0. The van der Waals surface area contributed by atoms with Crippen LogP contribution in [0.5, 0.6) is 0 Å². The predicted octanol–water partition coefficient (Wildman–Crippen LogP) is 8.09. The predicted molar refractivity (Wildman–Crippen MR) is 122 cm³/mol. The van der Waals surface area contributed by atoms with Crippen molar-refractivity contribution in [3.63, 3.8) is 0 Å². The minimum absolute atomic E-state index is 0.624. The SMILES string of the molecule is CCCCCCCCCCCCN1C=CN(C)C1CCCCCCCCC. The second-order valence-corrected chi connectivity index (χ2v) is 8.77. The average Bonchev–Trinajstić information content (AvgIpc) is 3.02. The van der Waals surface area contributed by atoms with Crippen LogP contribution in [0, 0.1) is 0 Å². The highest BCUT2D eigenvalue weighted by Crippen LogP contribution is 2.21. The quantitative estimate of drug-likeness (QED) is 0.209. The first-order valence-electron chi connectivity index (χ1n) is 12.5. The van der Waals surface area contributed by atoms with Crippen LogP contribution >= 0.6 is 0 Å². The van der Waals surface area contributed by atoms with Crippen molar-refractivity contribution in [2.75, 3.05) is 13.6 Å². The third-order valence-corrected chi connectivity index (χ3v) is 6.18. The fraction of sp³-hybridized carbons (Fsp3) is 0.920. The van der Waals surface area contributed by atoms with Gasteiger partial charge in [-0.05, 0) is 19.3 Å². The van der Waals surface area contributed by atoms with E-state index in [2.05, 4.69) is 43.1 Å². The molecular weight excluding hydrogens is 328 g/mol. The average molecular weight is 379 g/mol. The molecule has 1 heterocycles. The minimum Gasteiger partial charge on any atom is -0.359 e. The Balaban J connectivity index is 1.99. The zero-order chi connectivity index (χ0) is 19.6. The number of nitrogens with zero attached hydrogens (tertiary/aromatic N) is 2. The topological polar surface area (TPSA) is 6.48 Å². The van der Waals surface area contributed by atoms with Crippen LogP contribution in [0.1, 0.15) is 129 Å². The van der Waals surface area contributed by atoms with Gasteiger partial charge in [-0.15, -0.1) is 0 Å². The van der Waals surface area contributed by atoms with Gasteiger partial charge < -0.3 is 9.80 Å². The molecule has 0 bridgehead atoms. The van der Waals surface area contributed by atoms with E-state index in [1.54, 1.807) is 0 Å². The van der Waals surface area contributed by atoms with E-state index < -0.39 is 0 Å². The fourth-order valence-electron chi connectivity index (χ4n) is 4.28. The maximum atomic E-state index is 2.60. The molecule has 1 rings (SSSR count). The van der Waals surface area contributed by atoms with Gasteiger partial charge in [0.1, 0.15) is 6.17 Å². The summed E-state index contributed by atoms with van der Waals surface area (Å²) in [6.45, 7) is 5.84. The van der Waals surface area contributed by atoms with Crippen molar-refractivity contribution >= 4 is 0 Å². The Hall–Kier alpha value is -0.660. The van der Waals surface area contributed by atoms with Crippen molar-refractivity contribution in [3.05, 3.63) is 12.4 Å². The highest BCUT2D eigenvalue weighted by atomic mass is 15.4. The molecule has 0 saturated carbocycles. The minimum atomic E-state index is 0.624. The summed E-state index contributed by atoms with van der Waals surface area (Å²) < 4.78 is 0. The molecule has 0 fully saturated rings. The Bertz CT molecular complexity index is 339. The molecule has 1 atom stereocenters. The third kappa shape index (κ3) is 12.4. The van der Waals surface area contributed by atoms with Crippen molar-refractivity contribution in [2.45, 2.75) is 136 Å². The molecule has 0 N–H and O–H groups in total. The molecule has 0 saturated heterocycles. The van der Waals surface area contributed by atoms with Crippen LogP contribution in [0.4, 0.5) is 0 Å². The Labute approximate surface area is 171 Å². The van der Waals surface area contributed by atoms with E-state index in [0.717, 1.165) is 0 Å². The summed E-state index contributed by atoms with van der Waals surface area (Å²) in [6, 6.07) is 0. The lowest BCUT2D eigenvalue weighted by atomic mass is 10.1. The normalized spacial score (nSPS) is 16.6. The Morgan fingerprint density at radius 2 is 1.00 bits per heavy atom. The van der Waals surface area contributed by atoms with E-state index in [1.165, 1.54) is 122 Å². The zero-order valence-electron chi connectivity index (χ0n) is 19.1. The highest BCUT2D eigenvalue weighted by molar-refractivity contribution is 4.95. The van der Waals surface area contributed by atoms with Crippen molar-refractivity contribution in [1.29, 1.82) is 0 Å². The summed E-state index contributed by atoms with van der Waals surface area (Å²) in [7, 11) is 2.25. The molecule has 0 spiro atoms. The first kappa shape index (κ1) is 24.4. The van der Waals surface area contributed by atoms with E-state index >= 15 is 0 Å². The maximum absolute atomic E-state index is 2.60. The van der Waals surface area contributed by atoms with E-state index in [1.807, 2.05) is 0 Å². The molecule has 160 valence electrons. The van der Waals surface area contributed by atoms with Crippen molar-refractivity contribution in [3.8, 4) is 0 Å². The first-order chi connectivity index (χ1) is 13.3. The van der Waals surface area contributed by atoms with Crippen LogP contribution in [0.25, 0.3) is 0 Å². The lowest BCUT2D eigenvalue weighted by Crippen LogP contribution is -2.37. The Morgan fingerprint density at radius 1 is 0.556 bits per heavy atom. The van der Waals surface area contributed by atoms with Crippen molar-refractivity contribution < 1.29 is 0 Å². The lowest BCUT2D eigenvalue weighted by molar-refractivity contribution is 0.159. The molecule has 0 aromatic carbocycles. The summed E-state index contributed by atoms with van der Waals surface area (Å²) in [4.78, 5) is 5.02. The van der Waals surface area contributed by atoms with E-state index in [9.17, 15) is 0 Å². The molecule has 1 unspecified atom stereocenters.